The van der Waals surface area contributed by atoms with Gasteiger partial charge in [0, 0.05) is 59.7 Å². The highest BCUT2D eigenvalue weighted by molar-refractivity contribution is 6.00. The van der Waals surface area contributed by atoms with E-state index in [2.05, 4.69) is 14.9 Å². The van der Waals surface area contributed by atoms with Crippen molar-refractivity contribution < 1.29 is 23.0 Å². The lowest BCUT2D eigenvalue weighted by Gasteiger charge is -2.42. The fourth-order valence-corrected chi connectivity index (χ4v) is 8.79. The van der Waals surface area contributed by atoms with Gasteiger partial charge in [-0.15, -0.1) is 0 Å². The van der Waals surface area contributed by atoms with Crippen LogP contribution in [0.2, 0.25) is 0 Å². The van der Waals surface area contributed by atoms with Crippen LogP contribution in [0.1, 0.15) is 72.8 Å². The van der Waals surface area contributed by atoms with E-state index in [4.69, 9.17) is 25.2 Å². The summed E-state index contributed by atoms with van der Waals surface area (Å²) in [6.45, 7) is 12.1. The number of amides is 1. The number of aromatic nitrogens is 4. The molecule has 4 aromatic rings. The second kappa shape index (κ2) is 11.9. The summed E-state index contributed by atoms with van der Waals surface area (Å²) in [4.78, 5) is 29.0. The molecule has 4 fully saturated rings. The van der Waals surface area contributed by atoms with Gasteiger partial charge >= 0.3 is 12.1 Å². The lowest BCUT2D eigenvalue weighted by molar-refractivity contribution is 0.0122. The second-order valence-electron chi connectivity index (χ2n) is 15.9. The van der Waals surface area contributed by atoms with Crippen molar-refractivity contribution in [1.82, 2.24) is 29.5 Å². The number of fused-ring (bicyclic) bond motifs is 5. The number of alkyl halides is 1. The van der Waals surface area contributed by atoms with E-state index in [0.717, 1.165) is 43.1 Å². The van der Waals surface area contributed by atoms with Gasteiger partial charge in [0.1, 0.15) is 29.7 Å². The quantitative estimate of drug-likeness (QED) is 0.227. The molecule has 2 bridgehead atoms. The molecular weight excluding hydrogens is 642 g/mol. The van der Waals surface area contributed by atoms with Gasteiger partial charge in [0.05, 0.1) is 29.3 Å². The van der Waals surface area contributed by atoms with Crippen molar-refractivity contribution in [2.24, 2.45) is 0 Å². The summed E-state index contributed by atoms with van der Waals surface area (Å²) in [6.07, 6.45) is 4.42. The van der Waals surface area contributed by atoms with Crippen molar-refractivity contribution in [3.05, 3.63) is 36.3 Å². The number of nitrogens with two attached hydrogens (primary N) is 1. The maximum atomic E-state index is 17.1. The Morgan fingerprint density at radius 2 is 1.86 bits per heavy atom. The summed E-state index contributed by atoms with van der Waals surface area (Å²) in [5.41, 5.74) is 7.70. The van der Waals surface area contributed by atoms with E-state index < -0.39 is 23.1 Å². The third-order valence-electron chi connectivity index (χ3n) is 10.9. The van der Waals surface area contributed by atoms with Crippen molar-refractivity contribution in [3.8, 4) is 17.1 Å². The smallest absolute Gasteiger partial charge is 0.410 e. The summed E-state index contributed by atoms with van der Waals surface area (Å²) in [5, 5.41) is 5.94. The third kappa shape index (κ3) is 5.57. The first-order valence-electron chi connectivity index (χ1n) is 17.9. The average Bonchev–Trinajstić information content (AvgIpc) is 3.78. The Balaban J connectivity index is 1.21. The number of anilines is 2. The minimum atomic E-state index is -0.904. The van der Waals surface area contributed by atoms with Crippen molar-refractivity contribution in [3.63, 3.8) is 0 Å². The Labute approximate surface area is 290 Å². The van der Waals surface area contributed by atoms with Gasteiger partial charge in [0.25, 0.3) is 0 Å². The highest BCUT2D eigenvalue weighted by Crippen LogP contribution is 2.42. The first-order chi connectivity index (χ1) is 23.8. The number of nitrogen functional groups attached to an aromatic ring is 1. The van der Waals surface area contributed by atoms with Crippen LogP contribution in [0, 0.1) is 5.82 Å². The van der Waals surface area contributed by atoms with Crippen LogP contribution < -0.4 is 15.4 Å². The number of carbonyl (C=O) groups excluding carboxylic acids is 1. The molecular formula is C37H46F2N8O3. The van der Waals surface area contributed by atoms with E-state index in [1.165, 1.54) is 0 Å². The predicted molar refractivity (Wildman–Crippen MR) is 189 cm³/mol. The molecule has 0 spiro atoms. The standard InChI is InChI=1S/C37H46F2N8O3/c1-21(2)47-32-22(16-41-47)13-24(40)14-29(32)27-9-10-28-31(30(27)39)42-34(49-20-37-11-6-12-45(37)17-23(38)15-37)43-33(28)44-18-25-7-8-26(19-44)46(25)35(48)50-36(3,4)5/h9-10,13-14,16,21,23,25-26H,6-8,11-12,15,17-20,40H2,1-5H3/t23-,25-,26+,37+/m1/s1. The van der Waals surface area contributed by atoms with Gasteiger partial charge in [-0.2, -0.15) is 15.1 Å². The fourth-order valence-electron chi connectivity index (χ4n) is 8.79. The SMILES string of the molecule is CC(C)n1ncc2cc(N)cc(-c3ccc4c(N5C[C@H]6CC[C@@H](C5)N6C(=O)OC(C)(C)C)nc(OC[C@@]56CCCN5C[C@H](F)C6)nc4c3F)c21. The zero-order chi connectivity index (χ0) is 35.1. The number of halogens is 2. The summed E-state index contributed by atoms with van der Waals surface area (Å²) < 4.78 is 45.7. The maximum absolute atomic E-state index is 17.1. The molecule has 4 aliphatic rings. The molecule has 8 rings (SSSR count). The number of ether oxygens (including phenoxy) is 2. The van der Waals surface area contributed by atoms with E-state index in [0.29, 0.717) is 54.1 Å². The predicted octanol–water partition coefficient (Wildman–Crippen LogP) is 6.49. The first kappa shape index (κ1) is 32.9. The topological polar surface area (TPSA) is 115 Å². The van der Waals surface area contributed by atoms with Crippen molar-refractivity contribution in [1.29, 1.82) is 0 Å². The van der Waals surface area contributed by atoms with Crippen LogP contribution in [0.15, 0.2) is 30.5 Å². The van der Waals surface area contributed by atoms with Crippen LogP contribution in [0.25, 0.3) is 32.9 Å². The van der Waals surface area contributed by atoms with E-state index in [9.17, 15) is 9.18 Å². The van der Waals surface area contributed by atoms with E-state index in [-0.39, 0.29) is 42.4 Å². The van der Waals surface area contributed by atoms with Gasteiger partial charge in [0.15, 0.2) is 5.82 Å². The number of carbonyl (C=O) groups is 1. The molecule has 4 saturated heterocycles. The van der Waals surface area contributed by atoms with Crippen LogP contribution in [-0.4, -0.2) is 97.8 Å². The molecule has 11 nitrogen and oxygen atoms in total. The Kier molecular flexibility index (Phi) is 7.85. The maximum Gasteiger partial charge on any atom is 0.410 e. The molecule has 2 aromatic carbocycles. The van der Waals surface area contributed by atoms with Gasteiger partial charge in [0.2, 0.25) is 0 Å². The second-order valence-corrected chi connectivity index (χ2v) is 15.9. The molecule has 2 N–H and O–H groups in total. The van der Waals surface area contributed by atoms with Crippen molar-refractivity contribution >= 4 is 39.4 Å². The van der Waals surface area contributed by atoms with Crippen molar-refractivity contribution in [2.75, 3.05) is 43.4 Å². The zero-order valence-corrected chi connectivity index (χ0v) is 29.5. The van der Waals surface area contributed by atoms with Gasteiger partial charge in [-0.3, -0.25) is 14.5 Å². The number of nitrogens with zero attached hydrogens (tertiary/aromatic N) is 7. The fraction of sp³-hybridized carbons (Fsp3) is 0.568. The molecule has 0 aliphatic carbocycles. The monoisotopic (exact) mass is 688 g/mol. The van der Waals surface area contributed by atoms with E-state index in [1.54, 1.807) is 18.3 Å². The molecule has 1 amide bonds. The molecule has 6 heterocycles. The first-order valence-corrected chi connectivity index (χ1v) is 17.9. The Morgan fingerprint density at radius 3 is 2.58 bits per heavy atom. The van der Waals surface area contributed by atoms with E-state index >= 15 is 4.39 Å². The Hall–Kier alpha value is -4.26. The lowest BCUT2D eigenvalue weighted by Crippen LogP contribution is -2.57. The normalized spacial score (nSPS) is 25.3. The molecule has 4 aliphatic heterocycles. The molecule has 2 aromatic heterocycles. The minimum Gasteiger partial charge on any atom is -0.461 e. The summed E-state index contributed by atoms with van der Waals surface area (Å²) >= 11 is 0. The number of piperazine rings is 1. The zero-order valence-electron chi connectivity index (χ0n) is 29.5. The van der Waals surface area contributed by atoms with Gasteiger partial charge in [-0.1, -0.05) is 6.07 Å². The molecule has 4 atom stereocenters. The number of hydrogen-bond donors (Lipinski definition) is 1. The number of hydrogen-bond acceptors (Lipinski definition) is 9. The highest BCUT2D eigenvalue weighted by Gasteiger charge is 2.50. The average molecular weight is 689 g/mol. The van der Waals surface area contributed by atoms with Gasteiger partial charge in [-0.25, -0.2) is 13.6 Å². The Morgan fingerprint density at radius 1 is 1.10 bits per heavy atom. The van der Waals surface area contributed by atoms with Crippen LogP contribution >= 0.6 is 0 Å². The molecule has 0 radical (unpaired) electrons. The van der Waals surface area contributed by atoms with Gasteiger partial charge < -0.3 is 20.1 Å². The highest BCUT2D eigenvalue weighted by atomic mass is 19.1. The van der Waals surface area contributed by atoms with Crippen LogP contribution in [0.5, 0.6) is 6.01 Å². The number of benzene rings is 2. The van der Waals surface area contributed by atoms with Crippen molar-refractivity contribution in [2.45, 2.75) is 102 Å². The van der Waals surface area contributed by atoms with Crippen LogP contribution in [-0.2, 0) is 4.74 Å². The molecule has 266 valence electrons. The van der Waals surface area contributed by atoms with Crippen LogP contribution in [0.3, 0.4) is 0 Å². The Bertz CT molecular complexity index is 1960. The van der Waals surface area contributed by atoms with E-state index in [1.807, 2.05) is 56.3 Å². The number of rotatable bonds is 6. The molecule has 0 saturated carbocycles. The molecule has 0 unspecified atom stereocenters. The lowest BCUT2D eigenvalue weighted by atomic mass is 9.95. The largest absolute Gasteiger partial charge is 0.461 e. The minimum absolute atomic E-state index is 0.0380. The molecule has 13 heteroatoms. The van der Waals surface area contributed by atoms with Gasteiger partial charge in [-0.05, 0) is 85.0 Å². The third-order valence-corrected chi connectivity index (χ3v) is 10.9. The summed E-state index contributed by atoms with van der Waals surface area (Å²) in [7, 11) is 0. The van der Waals surface area contributed by atoms with Crippen LogP contribution in [0.4, 0.5) is 25.1 Å². The summed E-state index contributed by atoms with van der Waals surface area (Å²) in [5.74, 6) is 0.0387. The molecule has 50 heavy (non-hydrogen) atoms. The summed E-state index contributed by atoms with van der Waals surface area (Å²) in [6, 6.07) is 7.18.